The van der Waals surface area contributed by atoms with E-state index in [1.807, 2.05) is 12.1 Å². The van der Waals surface area contributed by atoms with Crippen molar-refractivity contribution < 1.29 is 14.3 Å². The van der Waals surface area contributed by atoms with Crippen LogP contribution in [0.3, 0.4) is 0 Å². The average molecular weight is 291 g/mol. The molecule has 1 aliphatic heterocycles. The van der Waals surface area contributed by atoms with Gasteiger partial charge in [0.15, 0.2) is 0 Å². The number of methoxy groups -OCH3 is 1. The topological polar surface area (TPSA) is 70.7 Å². The number of ether oxygens (including phenoxy) is 1. The van der Waals surface area contributed by atoms with Gasteiger partial charge in [-0.1, -0.05) is 6.07 Å². The van der Waals surface area contributed by atoms with Crippen molar-refractivity contribution in [1.82, 2.24) is 15.5 Å². The molecule has 0 saturated heterocycles. The Morgan fingerprint density at radius 3 is 2.76 bits per heavy atom. The van der Waals surface area contributed by atoms with E-state index in [4.69, 9.17) is 4.74 Å². The van der Waals surface area contributed by atoms with Gasteiger partial charge in [-0.3, -0.25) is 19.8 Å². The minimum Gasteiger partial charge on any atom is -0.497 e. The van der Waals surface area contributed by atoms with Crippen LogP contribution in [0.25, 0.3) is 0 Å². The Labute approximate surface area is 124 Å². The van der Waals surface area contributed by atoms with Gasteiger partial charge in [-0.2, -0.15) is 0 Å². The molecular weight excluding hydrogens is 270 g/mol. The lowest BCUT2D eigenvalue weighted by atomic mass is 10.0. The summed E-state index contributed by atoms with van der Waals surface area (Å²) in [6.45, 7) is 3.85. The molecule has 0 aromatic heterocycles. The molecule has 1 atom stereocenters. The van der Waals surface area contributed by atoms with Gasteiger partial charge < -0.3 is 10.1 Å². The highest BCUT2D eigenvalue weighted by Crippen LogP contribution is 2.27. The van der Waals surface area contributed by atoms with Crippen LogP contribution < -0.4 is 15.4 Å². The van der Waals surface area contributed by atoms with E-state index < -0.39 is 5.54 Å². The van der Waals surface area contributed by atoms with Gasteiger partial charge >= 0.3 is 0 Å². The smallest absolute Gasteiger partial charge is 0.247 e. The molecule has 2 N–H and O–H groups in total. The largest absolute Gasteiger partial charge is 0.497 e. The van der Waals surface area contributed by atoms with E-state index in [9.17, 15) is 9.59 Å². The van der Waals surface area contributed by atoms with Crippen molar-refractivity contribution in [2.24, 2.45) is 0 Å². The van der Waals surface area contributed by atoms with Crippen molar-refractivity contribution in [3.8, 4) is 5.75 Å². The number of carbonyl (C=O) groups is 2. The lowest BCUT2D eigenvalue weighted by molar-refractivity contribution is -0.130. The van der Waals surface area contributed by atoms with Gasteiger partial charge in [-0.25, -0.2) is 0 Å². The molecule has 0 radical (unpaired) electrons. The van der Waals surface area contributed by atoms with E-state index in [-0.39, 0.29) is 5.91 Å². The maximum atomic E-state index is 12.0. The molecule has 6 heteroatoms. The molecule has 1 aromatic carbocycles. The van der Waals surface area contributed by atoms with E-state index in [1.54, 1.807) is 21.1 Å². The minimum absolute atomic E-state index is 0.325. The van der Waals surface area contributed by atoms with E-state index in [0.29, 0.717) is 13.0 Å². The summed E-state index contributed by atoms with van der Waals surface area (Å²) in [4.78, 5) is 24.7. The standard InChI is InChI=1S/C15H21N3O3/c1-15(16-2,14(20)17-10-19)9-18-7-11-4-5-13(21-3)6-12(11)8-18/h4-6,10,16H,7-9H2,1-3H3,(H,17,19,20). The summed E-state index contributed by atoms with van der Waals surface area (Å²) in [6, 6.07) is 6.02. The molecule has 1 aromatic rings. The Morgan fingerprint density at radius 1 is 1.43 bits per heavy atom. The Bertz CT molecular complexity index is 547. The summed E-state index contributed by atoms with van der Waals surface area (Å²) >= 11 is 0. The third-order valence-electron chi connectivity index (χ3n) is 3.98. The Balaban J connectivity index is 2.08. The second-order valence-corrected chi connectivity index (χ2v) is 5.45. The normalized spacial score (nSPS) is 16.9. The summed E-state index contributed by atoms with van der Waals surface area (Å²) in [5.41, 5.74) is 1.64. The molecule has 2 rings (SSSR count). The zero-order chi connectivity index (χ0) is 15.5. The fourth-order valence-corrected chi connectivity index (χ4v) is 2.60. The maximum Gasteiger partial charge on any atom is 0.247 e. The quantitative estimate of drug-likeness (QED) is 0.736. The highest BCUT2D eigenvalue weighted by Gasteiger charge is 2.35. The number of imide groups is 1. The number of amides is 2. The van der Waals surface area contributed by atoms with Crippen LogP contribution in [0.1, 0.15) is 18.1 Å². The first-order chi connectivity index (χ1) is 10.0. The monoisotopic (exact) mass is 291 g/mol. The second kappa shape index (κ2) is 6.24. The highest BCUT2D eigenvalue weighted by molar-refractivity contribution is 5.93. The SMILES string of the molecule is CNC(C)(CN1Cc2ccc(OC)cc2C1)C(=O)NC=O. The lowest BCUT2D eigenvalue weighted by Gasteiger charge is -2.31. The molecule has 0 bridgehead atoms. The molecule has 0 saturated carbocycles. The van der Waals surface area contributed by atoms with E-state index in [2.05, 4.69) is 21.6 Å². The summed E-state index contributed by atoms with van der Waals surface area (Å²) in [7, 11) is 3.37. The van der Waals surface area contributed by atoms with E-state index in [1.165, 1.54) is 11.1 Å². The van der Waals surface area contributed by atoms with Gasteiger partial charge in [-0.05, 0) is 37.2 Å². The van der Waals surface area contributed by atoms with E-state index in [0.717, 1.165) is 18.8 Å². The zero-order valence-corrected chi connectivity index (χ0v) is 12.6. The summed E-state index contributed by atoms with van der Waals surface area (Å²) in [5.74, 6) is 0.513. The van der Waals surface area contributed by atoms with Crippen molar-refractivity contribution in [3.63, 3.8) is 0 Å². The fraction of sp³-hybridized carbons (Fsp3) is 0.467. The third kappa shape index (κ3) is 3.22. The van der Waals surface area contributed by atoms with Gasteiger partial charge in [0.2, 0.25) is 12.3 Å². The molecule has 114 valence electrons. The van der Waals surface area contributed by atoms with Crippen LogP contribution in [0.15, 0.2) is 18.2 Å². The molecule has 6 nitrogen and oxygen atoms in total. The molecule has 0 fully saturated rings. The maximum absolute atomic E-state index is 12.0. The minimum atomic E-state index is -0.812. The van der Waals surface area contributed by atoms with Crippen LogP contribution >= 0.6 is 0 Å². The van der Waals surface area contributed by atoms with Crippen LogP contribution in [0, 0.1) is 0 Å². The molecule has 0 aliphatic carbocycles. The molecule has 2 amide bonds. The number of nitrogens with zero attached hydrogens (tertiary/aromatic N) is 1. The Hall–Kier alpha value is -1.92. The summed E-state index contributed by atoms with van der Waals surface area (Å²) < 4.78 is 5.23. The number of hydrogen-bond donors (Lipinski definition) is 2. The van der Waals surface area contributed by atoms with Gasteiger partial charge in [0, 0.05) is 19.6 Å². The van der Waals surface area contributed by atoms with Crippen molar-refractivity contribution in [3.05, 3.63) is 29.3 Å². The fourth-order valence-electron chi connectivity index (χ4n) is 2.60. The molecule has 1 heterocycles. The number of nitrogens with one attached hydrogen (secondary N) is 2. The lowest BCUT2D eigenvalue weighted by Crippen LogP contribution is -2.58. The van der Waals surface area contributed by atoms with Crippen LogP contribution in [-0.4, -0.2) is 43.5 Å². The number of fused-ring (bicyclic) bond motifs is 1. The van der Waals surface area contributed by atoms with E-state index >= 15 is 0 Å². The first kappa shape index (κ1) is 15.5. The van der Waals surface area contributed by atoms with Crippen molar-refractivity contribution in [1.29, 1.82) is 0 Å². The number of hydrogen-bond acceptors (Lipinski definition) is 5. The van der Waals surface area contributed by atoms with Gasteiger partial charge in [0.05, 0.1) is 7.11 Å². The van der Waals surface area contributed by atoms with Gasteiger partial charge in [0.25, 0.3) is 0 Å². The van der Waals surface area contributed by atoms with Gasteiger partial charge in [0.1, 0.15) is 11.3 Å². The Morgan fingerprint density at radius 2 is 2.14 bits per heavy atom. The number of likely N-dealkylation sites (N-methyl/N-ethyl adjacent to an activating group) is 1. The number of rotatable bonds is 6. The van der Waals surface area contributed by atoms with Crippen LogP contribution in [0.4, 0.5) is 0 Å². The Kier molecular flexibility index (Phi) is 4.59. The third-order valence-corrected chi connectivity index (χ3v) is 3.98. The predicted molar refractivity (Wildman–Crippen MR) is 78.8 cm³/mol. The molecule has 1 unspecified atom stereocenters. The van der Waals surface area contributed by atoms with Crippen molar-refractivity contribution in [2.45, 2.75) is 25.6 Å². The van der Waals surface area contributed by atoms with Crippen molar-refractivity contribution in [2.75, 3.05) is 20.7 Å². The molecule has 21 heavy (non-hydrogen) atoms. The second-order valence-electron chi connectivity index (χ2n) is 5.45. The predicted octanol–water partition coefficient (Wildman–Crippen LogP) is 0.261. The van der Waals surface area contributed by atoms with Crippen molar-refractivity contribution >= 4 is 12.3 Å². The highest BCUT2D eigenvalue weighted by atomic mass is 16.5. The first-order valence-electron chi connectivity index (χ1n) is 6.84. The number of carbonyl (C=O) groups excluding carboxylic acids is 2. The molecule has 0 spiro atoms. The molecular formula is C15H21N3O3. The first-order valence-corrected chi connectivity index (χ1v) is 6.84. The average Bonchev–Trinajstić information content (AvgIpc) is 2.88. The van der Waals surface area contributed by atoms with Crippen LogP contribution in [0.5, 0.6) is 5.75 Å². The summed E-state index contributed by atoms with van der Waals surface area (Å²) in [6.07, 6.45) is 0.418. The van der Waals surface area contributed by atoms with Gasteiger partial charge in [-0.15, -0.1) is 0 Å². The zero-order valence-electron chi connectivity index (χ0n) is 12.6. The van der Waals surface area contributed by atoms with Crippen LogP contribution in [0.2, 0.25) is 0 Å². The molecule has 1 aliphatic rings. The summed E-state index contributed by atoms with van der Waals surface area (Å²) in [5, 5.41) is 5.22. The number of benzene rings is 1. The van der Waals surface area contributed by atoms with Crippen LogP contribution in [-0.2, 0) is 22.7 Å².